The summed E-state index contributed by atoms with van der Waals surface area (Å²) in [6.45, 7) is 1.86. The third kappa shape index (κ3) is 3.01. The molecule has 0 spiro atoms. The molecule has 2 aromatic carbocycles. The second-order valence-electron chi connectivity index (χ2n) is 5.11. The molecule has 3 rings (SSSR count). The Bertz CT molecular complexity index is 844. The molecule has 0 bridgehead atoms. The third-order valence-electron chi connectivity index (χ3n) is 3.43. The summed E-state index contributed by atoms with van der Waals surface area (Å²) in [5.74, 6) is -0.435. The monoisotopic (exact) mass is 382 g/mol. The Balaban J connectivity index is 2.08. The van der Waals surface area contributed by atoms with Gasteiger partial charge in [-0.1, -0.05) is 22.0 Å². The number of amides is 1. The molecule has 0 saturated carbocycles. The van der Waals surface area contributed by atoms with Crippen LogP contribution in [0.5, 0.6) is 0 Å². The number of aryl methyl sites for hydroxylation is 1. The van der Waals surface area contributed by atoms with E-state index in [1.165, 1.54) is 12.1 Å². The smallest absolute Gasteiger partial charge is 0.320 e. The van der Waals surface area contributed by atoms with Crippen molar-refractivity contribution in [3.63, 3.8) is 0 Å². The molecule has 1 N–H and O–H groups in total. The van der Waals surface area contributed by atoms with Crippen LogP contribution < -0.4 is 5.32 Å². The largest absolute Gasteiger partial charge is 0.416 e. The van der Waals surface area contributed by atoms with Crippen molar-refractivity contribution in [1.82, 2.24) is 0 Å². The SMILES string of the molecule is Cc1cc2c(cc1Br)NC(=O)C2=Nc1cccc(C(F)(F)F)c1. The predicted octanol–water partition coefficient (Wildman–Crippen LogP) is 4.85. The van der Waals surface area contributed by atoms with Crippen molar-refractivity contribution >= 4 is 38.9 Å². The van der Waals surface area contributed by atoms with E-state index in [-0.39, 0.29) is 11.4 Å². The maximum Gasteiger partial charge on any atom is 0.416 e. The van der Waals surface area contributed by atoms with Gasteiger partial charge in [-0.25, -0.2) is 4.99 Å². The van der Waals surface area contributed by atoms with Crippen LogP contribution in [0.4, 0.5) is 24.5 Å². The summed E-state index contributed by atoms with van der Waals surface area (Å²) in [5, 5.41) is 2.66. The van der Waals surface area contributed by atoms with E-state index in [0.717, 1.165) is 22.2 Å². The number of alkyl halides is 3. The standard InChI is InChI=1S/C16H10BrF3N2O/c1-8-5-11-13(7-12(8)17)22-15(23)14(11)21-10-4-2-3-9(6-10)16(18,19)20/h2-7H,1H3,(H,21,22,23). The van der Waals surface area contributed by atoms with E-state index in [2.05, 4.69) is 26.2 Å². The molecule has 0 atom stereocenters. The Labute approximate surface area is 138 Å². The number of nitrogens with zero attached hydrogens (tertiary/aromatic N) is 1. The van der Waals surface area contributed by atoms with Crippen molar-refractivity contribution in [2.75, 3.05) is 5.32 Å². The number of benzene rings is 2. The molecule has 1 aliphatic rings. The zero-order chi connectivity index (χ0) is 16.8. The van der Waals surface area contributed by atoms with Gasteiger partial charge in [0.1, 0.15) is 5.71 Å². The van der Waals surface area contributed by atoms with Crippen molar-refractivity contribution in [3.8, 4) is 0 Å². The highest BCUT2D eigenvalue weighted by atomic mass is 79.9. The van der Waals surface area contributed by atoms with Gasteiger partial charge in [-0.3, -0.25) is 4.79 Å². The zero-order valence-electron chi connectivity index (χ0n) is 11.8. The molecule has 118 valence electrons. The first kappa shape index (κ1) is 15.7. The van der Waals surface area contributed by atoms with E-state index in [0.29, 0.717) is 11.3 Å². The number of hydrogen-bond acceptors (Lipinski definition) is 2. The number of carbonyl (C=O) groups excluding carboxylic acids is 1. The first-order valence-corrected chi connectivity index (χ1v) is 7.43. The van der Waals surface area contributed by atoms with E-state index in [1.54, 1.807) is 12.1 Å². The van der Waals surface area contributed by atoms with Crippen LogP contribution in [0, 0.1) is 6.92 Å². The fourth-order valence-electron chi connectivity index (χ4n) is 2.28. The maximum absolute atomic E-state index is 12.8. The number of rotatable bonds is 1. The molecule has 2 aromatic rings. The third-order valence-corrected chi connectivity index (χ3v) is 4.29. The quantitative estimate of drug-likeness (QED) is 0.752. The van der Waals surface area contributed by atoms with Crippen LogP contribution in [0.25, 0.3) is 0 Å². The first-order chi connectivity index (χ1) is 10.8. The predicted molar refractivity (Wildman–Crippen MR) is 85.1 cm³/mol. The molecular weight excluding hydrogens is 373 g/mol. The van der Waals surface area contributed by atoms with Gasteiger partial charge in [0.15, 0.2) is 0 Å². The lowest BCUT2D eigenvalue weighted by Gasteiger charge is -2.07. The number of hydrogen-bond donors (Lipinski definition) is 1. The summed E-state index contributed by atoms with van der Waals surface area (Å²) in [6.07, 6.45) is -4.45. The highest BCUT2D eigenvalue weighted by Gasteiger charge is 2.31. The van der Waals surface area contributed by atoms with Gasteiger partial charge in [0, 0.05) is 10.0 Å². The molecule has 1 aliphatic heterocycles. The van der Waals surface area contributed by atoms with Gasteiger partial charge in [0.05, 0.1) is 16.9 Å². The van der Waals surface area contributed by atoms with Gasteiger partial charge < -0.3 is 5.32 Å². The number of fused-ring (bicyclic) bond motifs is 1. The molecule has 7 heteroatoms. The van der Waals surface area contributed by atoms with Crippen LogP contribution in [-0.4, -0.2) is 11.6 Å². The Morgan fingerprint density at radius 1 is 1.17 bits per heavy atom. The van der Waals surface area contributed by atoms with Crippen LogP contribution in [0.3, 0.4) is 0 Å². The summed E-state index contributed by atoms with van der Waals surface area (Å²) < 4.78 is 39.1. The summed E-state index contributed by atoms with van der Waals surface area (Å²) in [4.78, 5) is 16.2. The molecule has 1 heterocycles. The van der Waals surface area contributed by atoms with E-state index < -0.39 is 17.6 Å². The van der Waals surface area contributed by atoms with Crippen molar-refractivity contribution in [2.24, 2.45) is 4.99 Å². The zero-order valence-corrected chi connectivity index (χ0v) is 13.4. The summed E-state index contributed by atoms with van der Waals surface area (Å²) in [6, 6.07) is 8.10. The molecule has 3 nitrogen and oxygen atoms in total. The number of aliphatic imine (C=N–C) groups is 1. The number of halogens is 4. The molecule has 0 aliphatic carbocycles. The minimum atomic E-state index is -4.45. The summed E-state index contributed by atoms with van der Waals surface area (Å²) >= 11 is 3.37. The number of nitrogens with one attached hydrogen (secondary N) is 1. The second kappa shape index (κ2) is 5.49. The van der Waals surface area contributed by atoms with Gasteiger partial charge >= 0.3 is 6.18 Å². The van der Waals surface area contributed by atoms with Gasteiger partial charge in [-0.15, -0.1) is 0 Å². The topological polar surface area (TPSA) is 41.5 Å². The normalized spacial score (nSPS) is 15.7. The van der Waals surface area contributed by atoms with E-state index in [4.69, 9.17) is 0 Å². The second-order valence-corrected chi connectivity index (χ2v) is 5.96. The average molecular weight is 383 g/mol. The van der Waals surface area contributed by atoms with Gasteiger partial charge in [0.2, 0.25) is 0 Å². The van der Waals surface area contributed by atoms with E-state index in [1.807, 2.05) is 6.92 Å². The minimum Gasteiger partial charge on any atom is -0.320 e. The summed E-state index contributed by atoms with van der Waals surface area (Å²) in [7, 11) is 0. The molecule has 23 heavy (non-hydrogen) atoms. The Kier molecular flexibility index (Phi) is 3.75. The fourth-order valence-corrected chi connectivity index (χ4v) is 2.62. The lowest BCUT2D eigenvalue weighted by atomic mass is 10.1. The van der Waals surface area contributed by atoms with Crippen molar-refractivity contribution in [3.05, 3.63) is 57.6 Å². The number of carbonyl (C=O) groups is 1. The molecule has 0 fully saturated rings. The van der Waals surface area contributed by atoms with Gasteiger partial charge in [0.25, 0.3) is 5.91 Å². The molecule has 1 amide bonds. The highest BCUT2D eigenvalue weighted by Crippen LogP contribution is 2.33. The van der Waals surface area contributed by atoms with Crippen LogP contribution in [0.1, 0.15) is 16.7 Å². The molecular formula is C16H10BrF3N2O. The lowest BCUT2D eigenvalue weighted by Crippen LogP contribution is -2.14. The van der Waals surface area contributed by atoms with Gasteiger partial charge in [-0.2, -0.15) is 13.2 Å². The molecule has 0 aromatic heterocycles. The average Bonchev–Trinajstić information content (AvgIpc) is 2.75. The first-order valence-electron chi connectivity index (χ1n) is 6.63. The maximum atomic E-state index is 12.8. The Morgan fingerprint density at radius 2 is 1.91 bits per heavy atom. The highest BCUT2D eigenvalue weighted by molar-refractivity contribution is 9.10. The van der Waals surface area contributed by atoms with E-state index in [9.17, 15) is 18.0 Å². The number of anilines is 1. The van der Waals surface area contributed by atoms with Crippen molar-refractivity contribution in [2.45, 2.75) is 13.1 Å². The minimum absolute atomic E-state index is 0.0818. The Hall–Kier alpha value is -2.15. The summed E-state index contributed by atoms with van der Waals surface area (Å²) in [5.41, 5.74) is 1.45. The molecule has 0 radical (unpaired) electrons. The van der Waals surface area contributed by atoms with Gasteiger partial charge in [-0.05, 0) is 42.8 Å². The fraction of sp³-hybridized carbons (Fsp3) is 0.125. The van der Waals surface area contributed by atoms with Crippen molar-refractivity contribution < 1.29 is 18.0 Å². The van der Waals surface area contributed by atoms with E-state index >= 15 is 0 Å². The van der Waals surface area contributed by atoms with Crippen LogP contribution in [0.15, 0.2) is 45.9 Å². The molecule has 0 saturated heterocycles. The van der Waals surface area contributed by atoms with Crippen LogP contribution in [-0.2, 0) is 11.0 Å². The van der Waals surface area contributed by atoms with Crippen molar-refractivity contribution in [1.29, 1.82) is 0 Å². The van der Waals surface area contributed by atoms with Crippen LogP contribution in [0.2, 0.25) is 0 Å². The molecule has 0 unspecified atom stereocenters. The lowest BCUT2D eigenvalue weighted by molar-refractivity contribution is -0.137. The van der Waals surface area contributed by atoms with Crippen LogP contribution >= 0.6 is 15.9 Å². The Morgan fingerprint density at radius 3 is 2.61 bits per heavy atom.